The van der Waals surface area contributed by atoms with Gasteiger partial charge in [-0.05, 0) is 25.5 Å². The van der Waals surface area contributed by atoms with Gasteiger partial charge in [0, 0.05) is 12.1 Å². The number of hydrogen-bond donors (Lipinski definition) is 3. The number of aryl methyl sites for hydroxylation is 1. The van der Waals surface area contributed by atoms with Crippen molar-refractivity contribution in [1.82, 2.24) is 15.2 Å². The zero-order valence-corrected chi connectivity index (χ0v) is 11.7. The third kappa shape index (κ3) is 3.03. The van der Waals surface area contributed by atoms with Crippen LogP contribution in [0.25, 0.3) is 11.4 Å². The lowest BCUT2D eigenvalue weighted by molar-refractivity contribution is -0.119. The quantitative estimate of drug-likeness (QED) is 0.772. The molecule has 6 nitrogen and oxygen atoms in total. The zero-order valence-electron chi connectivity index (χ0n) is 11.7. The molecule has 4 N–H and O–H groups in total. The summed E-state index contributed by atoms with van der Waals surface area (Å²) in [7, 11) is 0. The normalized spacial score (nSPS) is 12.2. The maximum atomic E-state index is 12.1. The first-order chi connectivity index (χ1) is 9.65. The first kappa shape index (κ1) is 14.2. The molecular formula is C14H19N5O. The van der Waals surface area contributed by atoms with Crippen molar-refractivity contribution in [3.05, 3.63) is 30.1 Å². The Kier molecular flexibility index (Phi) is 4.47. The molecule has 2 aromatic rings. The highest BCUT2D eigenvalue weighted by atomic mass is 16.1. The van der Waals surface area contributed by atoms with Crippen LogP contribution in [0.4, 0.5) is 5.69 Å². The van der Waals surface area contributed by atoms with Crippen LogP contribution < -0.4 is 11.1 Å². The van der Waals surface area contributed by atoms with Gasteiger partial charge in [-0.3, -0.25) is 9.89 Å². The summed E-state index contributed by atoms with van der Waals surface area (Å²) in [4.78, 5) is 16.4. The Labute approximate surface area is 117 Å². The average molecular weight is 273 g/mol. The van der Waals surface area contributed by atoms with Crippen LogP contribution in [0.15, 0.2) is 24.3 Å². The first-order valence-corrected chi connectivity index (χ1v) is 6.65. The standard InChI is InChI=1S/C14H19N5O/c1-3-10(8-15)14(20)17-12-7-5-4-6-11(12)13-16-9(2)18-19-13/h4-7,10H,3,8,15H2,1-2H3,(H,17,20)(H,16,18,19). The second-order valence-corrected chi connectivity index (χ2v) is 4.62. The van der Waals surface area contributed by atoms with Crippen molar-refractivity contribution < 1.29 is 4.79 Å². The fraction of sp³-hybridized carbons (Fsp3) is 0.357. The fourth-order valence-corrected chi connectivity index (χ4v) is 1.94. The molecule has 0 aliphatic rings. The Hall–Kier alpha value is -2.21. The number of carbonyl (C=O) groups is 1. The molecule has 106 valence electrons. The van der Waals surface area contributed by atoms with Crippen molar-refractivity contribution in [2.24, 2.45) is 11.7 Å². The van der Waals surface area contributed by atoms with Gasteiger partial charge < -0.3 is 11.1 Å². The van der Waals surface area contributed by atoms with E-state index in [0.717, 1.165) is 11.4 Å². The van der Waals surface area contributed by atoms with Gasteiger partial charge >= 0.3 is 0 Å². The monoisotopic (exact) mass is 273 g/mol. The van der Waals surface area contributed by atoms with Crippen LogP contribution in [-0.4, -0.2) is 27.6 Å². The van der Waals surface area contributed by atoms with E-state index in [-0.39, 0.29) is 11.8 Å². The van der Waals surface area contributed by atoms with Gasteiger partial charge in [0.15, 0.2) is 5.82 Å². The largest absolute Gasteiger partial charge is 0.330 e. The van der Waals surface area contributed by atoms with Crippen molar-refractivity contribution in [2.45, 2.75) is 20.3 Å². The molecule has 0 fully saturated rings. The van der Waals surface area contributed by atoms with Gasteiger partial charge in [0.05, 0.1) is 11.6 Å². The molecule has 6 heteroatoms. The highest BCUT2D eigenvalue weighted by Crippen LogP contribution is 2.25. The molecule has 1 aromatic heterocycles. The smallest absolute Gasteiger partial charge is 0.228 e. The molecule has 0 saturated heterocycles. The summed E-state index contributed by atoms with van der Waals surface area (Å²) < 4.78 is 0. The van der Waals surface area contributed by atoms with Crippen molar-refractivity contribution in [2.75, 3.05) is 11.9 Å². The fourth-order valence-electron chi connectivity index (χ4n) is 1.94. The van der Waals surface area contributed by atoms with E-state index in [2.05, 4.69) is 20.5 Å². The number of nitrogens with two attached hydrogens (primary N) is 1. The van der Waals surface area contributed by atoms with Crippen LogP contribution in [0.1, 0.15) is 19.2 Å². The van der Waals surface area contributed by atoms with Crippen molar-refractivity contribution in [3.8, 4) is 11.4 Å². The number of rotatable bonds is 5. The topological polar surface area (TPSA) is 96.7 Å². The van der Waals surface area contributed by atoms with E-state index in [4.69, 9.17) is 5.73 Å². The molecule has 0 bridgehead atoms. The van der Waals surface area contributed by atoms with Crippen LogP contribution in [0.2, 0.25) is 0 Å². The summed E-state index contributed by atoms with van der Waals surface area (Å²) in [6.07, 6.45) is 0.713. The number of carbonyl (C=O) groups excluding carboxylic acids is 1. The predicted octanol–water partition coefficient (Wildman–Crippen LogP) is 1.70. The van der Waals surface area contributed by atoms with E-state index in [1.165, 1.54) is 0 Å². The number of para-hydroxylation sites is 1. The average Bonchev–Trinajstić information content (AvgIpc) is 2.87. The first-order valence-electron chi connectivity index (χ1n) is 6.65. The van der Waals surface area contributed by atoms with Crippen LogP contribution in [0, 0.1) is 12.8 Å². The molecule has 0 spiro atoms. The molecule has 2 rings (SSSR count). The van der Waals surface area contributed by atoms with Crippen LogP contribution in [0.5, 0.6) is 0 Å². The minimum Gasteiger partial charge on any atom is -0.330 e. The minimum absolute atomic E-state index is 0.0743. The van der Waals surface area contributed by atoms with E-state index < -0.39 is 0 Å². The Bertz CT molecular complexity index is 589. The Morgan fingerprint density at radius 3 is 2.80 bits per heavy atom. The number of aromatic amines is 1. The number of hydrogen-bond acceptors (Lipinski definition) is 4. The third-order valence-electron chi connectivity index (χ3n) is 3.17. The van der Waals surface area contributed by atoms with Crippen molar-refractivity contribution >= 4 is 11.6 Å². The summed E-state index contributed by atoms with van der Waals surface area (Å²) >= 11 is 0. The molecule has 1 atom stereocenters. The number of nitrogens with zero attached hydrogens (tertiary/aromatic N) is 2. The van der Waals surface area contributed by atoms with Gasteiger partial charge in [-0.25, -0.2) is 4.98 Å². The van der Waals surface area contributed by atoms with Crippen LogP contribution in [0.3, 0.4) is 0 Å². The second-order valence-electron chi connectivity index (χ2n) is 4.62. The van der Waals surface area contributed by atoms with E-state index in [1.807, 2.05) is 38.1 Å². The van der Waals surface area contributed by atoms with E-state index in [9.17, 15) is 4.79 Å². The number of anilines is 1. The molecule has 0 radical (unpaired) electrons. The van der Waals surface area contributed by atoms with Gasteiger partial charge in [-0.1, -0.05) is 19.1 Å². The lowest BCUT2D eigenvalue weighted by Gasteiger charge is -2.14. The zero-order chi connectivity index (χ0) is 14.5. The number of H-pyrrole nitrogens is 1. The lowest BCUT2D eigenvalue weighted by Crippen LogP contribution is -2.28. The third-order valence-corrected chi connectivity index (χ3v) is 3.17. The van der Waals surface area contributed by atoms with Crippen molar-refractivity contribution in [1.29, 1.82) is 0 Å². The molecular weight excluding hydrogens is 254 g/mol. The molecule has 1 unspecified atom stereocenters. The summed E-state index contributed by atoms with van der Waals surface area (Å²) in [5.41, 5.74) is 7.09. The molecule has 1 amide bonds. The molecule has 0 aliphatic heterocycles. The molecule has 0 aliphatic carbocycles. The van der Waals surface area contributed by atoms with Gasteiger partial charge in [0.2, 0.25) is 5.91 Å². The Morgan fingerprint density at radius 1 is 1.45 bits per heavy atom. The van der Waals surface area contributed by atoms with Crippen LogP contribution >= 0.6 is 0 Å². The Morgan fingerprint density at radius 2 is 2.20 bits per heavy atom. The minimum atomic E-state index is -0.183. The number of nitrogens with one attached hydrogen (secondary N) is 2. The summed E-state index contributed by atoms with van der Waals surface area (Å²) in [5.74, 6) is 1.04. The van der Waals surface area contributed by atoms with E-state index in [1.54, 1.807) is 0 Å². The highest BCUT2D eigenvalue weighted by Gasteiger charge is 2.17. The van der Waals surface area contributed by atoms with Gasteiger partial charge in [-0.15, -0.1) is 0 Å². The second kappa shape index (κ2) is 6.29. The maximum Gasteiger partial charge on any atom is 0.228 e. The van der Waals surface area contributed by atoms with Gasteiger partial charge in [0.1, 0.15) is 5.82 Å². The van der Waals surface area contributed by atoms with Gasteiger partial charge in [0.25, 0.3) is 0 Å². The highest BCUT2D eigenvalue weighted by molar-refractivity contribution is 5.96. The number of aromatic nitrogens is 3. The maximum absolute atomic E-state index is 12.1. The van der Waals surface area contributed by atoms with Crippen molar-refractivity contribution in [3.63, 3.8) is 0 Å². The van der Waals surface area contributed by atoms with Crippen LogP contribution in [-0.2, 0) is 4.79 Å². The summed E-state index contributed by atoms with van der Waals surface area (Å²) in [5, 5.41) is 9.83. The molecule has 20 heavy (non-hydrogen) atoms. The summed E-state index contributed by atoms with van der Waals surface area (Å²) in [6.45, 7) is 4.12. The Balaban J connectivity index is 2.27. The lowest BCUT2D eigenvalue weighted by atomic mass is 10.1. The van der Waals surface area contributed by atoms with Gasteiger partial charge in [-0.2, -0.15) is 5.10 Å². The molecule has 1 aromatic carbocycles. The van der Waals surface area contributed by atoms with E-state index in [0.29, 0.717) is 24.5 Å². The number of amides is 1. The summed E-state index contributed by atoms with van der Waals surface area (Å²) in [6, 6.07) is 7.46. The molecule has 0 saturated carbocycles. The number of benzene rings is 1. The SMILES string of the molecule is CCC(CN)C(=O)Nc1ccccc1-c1n[nH]c(C)n1. The van der Waals surface area contributed by atoms with E-state index >= 15 is 0 Å². The molecule has 1 heterocycles. The predicted molar refractivity (Wildman–Crippen MR) is 78.0 cm³/mol.